The van der Waals surface area contributed by atoms with Crippen molar-refractivity contribution in [1.29, 1.82) is 0 Å². The first kappa shape index (κ1) is 17.3. The molecule has 1 rings (SSSR count). The number of hydrogen-bond donors (Lipinski definition) is 2. The molecule has 3 N–H and O–H groups in total. The molecule has 6 heteroatoms. The minimum absolute atomic E-state index is 0.287. The van der Waals surface area contributed by atoms with E-state index in [1.165, 1.54) is 0 Å². The molecule has 1 heterocycles. The first-order valence-corrected chi connectivity index (χ1v) is 7.45. The minimum Gasteiger partial charge on any atom is -0.368 e. The van der Waals surface area contributed by atoms with Crippen molar-refractivity contribution in [3.63, 3.8) is 0 Å². The molecule has 0 spiro atoms. The zero-order valence-corrected chi connectivity index (χ0v) is 13.4. The molecule has 0 unspecified atom stereocenters. The molecule has 0 aliphatic carbocycles. The van der Waals surface area contributed by atoms with Crippen LogP contribution in [0, 0.1) is 12.3 Å². The Hall–Kier alpha value is -1.74. The summed E-state index contributed by atoms with van der Waals surface area (Å²) in [5, 5.41) is 3.28. The second kappa shape index (κ2) is 7.89. The second-order valence-corrected chi connectivity index (χ2v) is 5.59. The molecule has 0 aromatic carbocycles. The number of primary amides is 1. The van der Waals surface area contributed by atoms with Crippen molar-refractivity contribution in [3.05, 3.63) is 0 Å². The number of nitrogens with zero attached hydrogens (tertiary/aromatic N) is 3. The van der Waals surface area contributed by atoms with Crippen molar-refractivity contribution in [2.24, 2.45) is 10.7 Å². The molecule has 0 aromatic heterocycles. The average molecular weight is 293 g/mol. The summed E-state index contributed by atoms with van der Waals surface area (Å²) in [6.07, 6.45) is 5.90. The number of guanidine groups is 1. The van der Waals surface area contributed by atoms with Crippen LogP contribution >= 0.6 is 0 Å². The summed E-state index contributed by atoms with van der Waals surface area (Å²) in [5.74, 6) is 3.20. The fourth-order valence-electron chi connectivity index (χ4n) is 2.29. The highest BCUT2D eigenvalue weighted by molar-refractivity contribution is 5.84. The third kappa shape index (κ3) is 4.64. The third-order valence-electron chi connectivity index (χ3n) is 3.83. The molecule has 6 nitrogen and oxygen atoms in total. The maximum atomic E-state index is 11.5. The van der Waals surface area contributed by atoms with Gasteiger partial charge in [0.2, 0.25) is 5.91 Å². The van der Waals surface area contributed by atoms with Gasteiger partial charge in [-0.15, -0.1) is 12.3 Å². The Morgan fingerprint density at radius 3 is 2.48 bits per heavy atom. The van der Waals surface area contributed by atoms with Crippen molar-refractivity contribution in [3.8, 4) is 12.3 Å². The van der Waals surface area contributed by atoms with Crippen LogP contribution in [0.25, 0.3) is 0 Å². The number of carbonyl (C=O) groups excluding carboxylic acids is 1. The molecule has 0 aromatic rings. The standard InChI is InChI=1S/C15H27N5O/c1-5-7-8-18-14(17-6-2)19-9-11-20(12-10-19)15(3,4)13(16)21/h1H,6-12H2,2-4H3,(H2,16,21)(H,17,18). The summed E-state index contributed by atoms with van der Waals surface area (Å²) < 4.78 is 0. The van der Waals surface area contributed by atoms with Crippen molar-refractivity contribution >= 4 is 11.9 Å². The predicted octanol–water partition coefficient (Wildman–Crippen LogP) is -0.143. The van der Waals surface area contributed by atoms with Gasteiger partial charge >= 0.3 is 0 Å². The average Bonchev–Trinajstić information content (AvgIpc) is 2.46. The Morgan fingerprint density at radius 1 is 1.38 bits per heavy atom. The molecule has 1 aliphatic heterocycles. The van der Waals surface area contributed by atoms with E-state index >= 15 is 0 Å². The van der Waals surface area contributed by atoms with Crippen LogP contribution in [-0.4, -0.2) is 66.5 Å². The largest absolute Gasteiger partial charge is 0.368 e. The number of amides is 1. The summed E-state index contributed by atoms with van der Waals surface area (Å²) in [4.78, 5) is 20.4. The van der Waals surface area contributed by atoms with Gasteiger partial charge < -0.3 is 16.0 Å². The number of piperazine rings is 1. The maximum Gasteiger partial charge on any atom is 0.237 e. The first-order chi connectivity index (χ1) is 9.93. The Balaban J connectivity index is 2.63. The Kier molecular flexibility index (Phi) is 6.50. The Bertz CT molecular complexity index is 416. The summed E-state index contributed by atoms with van der Waals surface area (Å²) >= 11 is 0. The van der Waals surface area contributed by atoms with Crippen LogP contribution in [0.15, 0.2) is 4.99 Å². The van der Waals surface area contributed by atoms with E-state index in [4.69, 9.17) is 12.2 Å². The molecule has 0 atom stereocenters. The lowest BCUT2D eigenvalue weighted by Gasteiger charge is -2.43. The molecule has 0 radical (unpaired) electrons. The number of nitrogens with one attached hydrogen (secondary N) is 1. The van der Waals surface area contributed by atoms with Crippen molar-refractivity contribution in [2.75, 3.05) is 39.3 Å². The van der Waals surface area contributed by atoms with Crippen LogP contribution in [0.1, 0.15) is 27.2 Å². The fraction of sp³-hybridized carbons (Fsp3) is 0.733. The zero-order valence-electron chi connectivity index (χ0n) is 13.4. The van der Waals surface area contributed by atoms with Gasteiger partial charge in [-0.05, 0) is 20.8 Å². The van der Waals surface area contributed by atoms with Crippen LogP contribution in [-0.2, 0) is 4.79 Å². The molecule has 118 valence electrons. The van der Waals surface area contributed by atoms with Gasteiger partial charge in [-0.1, -0.05) is 0 Å². The lowest BCUT2D eigenvalue weighted by molar-refractivity contribution is -0.129. The predicted molar refractivity (Wildman–Crippen MR) is 85.8 cm³/mol. The van der Waals surface area contributed by atoms with Gasteiger partial charge in [0.25, 0.3) is 0 Å². The molecule has 1 saturated heterocycles. The van der Waals surface area contributed by atoms with Gasteiger partial charge in [0.15, 0.2) is 5.96 Å². The van der Waals surface area contributed by atoms with Crippen molar-refractivity contribution in [2.45, 2.75) is 32.7 Å². The van der Waals surface area contributed by atoms with Crippen LogP contribution < -0.4 is 11.1 Å². The number of terminal acetylenes is 1. The monoisotopic (exact) mass is 293 g/mol. The minimum atomic E-state index is -0.606. The molecule has 0 bridgehead atoms. The Morgan fingerprint density at radius 2 is 2.00 bits per heavy atom. The van der Waals surface area contributed by atoms with E-state index < -0.39 is 5.54 Å². The Labute approximate surface area is 127 Å². The lowest BCUT2D eigenvalue weighted by atomic mass is 10.0. The molecule has 1 amide bonds. The number of rotatable bonds is 5. The van der Waals surface area contributed by atoms with E-state index in [0.717, 1.165) is 38.7 Å². The smallest absolute Gasteiger partial charge is 0.237 e. The van der Waals surface area contributed by atoms with Gasteiger partial charge in [0.05, 0.1) is 12.1 Å². The van der Waals surface area contributed by atoms with Crippen molar-refractivity contribution in [1.82, 2.24) is 15.1 Å². The van der Waals surface area contributed by atoms with Crippen LogP contribution in [0.3, 0.4) is 0 Å². The summed E-state index contributed by atoms with van der Waals surface area (Å²) in [6, 6.07) is 0. The van der Waals surface area contributed by atoms with Crippen LogP contribution in [0.4, 0.5) is 0 Å². The SMILES string of the molecule is C#CCCN=C(NCC)N1CCN(C(C)(C)C(N)=O)CC1. The highest BCUT2D eigenvalue weighted by Gasteiger charge is 2.35. The number of hydrogen-bond acceptors (Lipinski definition) is 3. The molecular formula is C15H27N5O. The molecule has 21 heavy (non-hydrogen) atoms. The van der Waals surface area contributed by atoms with E-state index in [0.29, 0.717) is 13.0 Å². The van der Waals surface area contributed by atoms with E-state index in [1.807, 2.05) is 20.8 Å². The number of carbonyl (C=O) groups is 1. The topological polar surface area (TPSA) is 74.0 Å². The fourth-order valence-corrected chi connectivity index (χ4v) is 2.29. The van der Waals surface area contributed by atoms with Crippen molar-refractivity contribution < 1.29 is 4.79 Å². The molecule has 1 fully saturated rings. The number of nitrogens with two attached hydrogens (primary N) is 1. The van der Waals surface area contributed by atoms with Crippen LogP contribution in [0.2, 0.25) is 0 Å². The summed E-state index contributed by atoms with van der Waals surface area (Å²) in [7, 11) is 0. The summed E-state index contributed by atoms with van der Waals surface area (Å²) in [6.45, 7) is 10.5. The van der Waals surface area contributed by atoms with E-state index in [-0.39, 0.29) is 5.91 Å². The number of aliphatic imine (C=N–C) groups is 1. The normalized spacial score (nSPS) is 17.4. The second-order valence-electron chi connectivity index (χ2n) is 5.59. The van der Waals surface area contributed by atoms with Crippen LogP contribution in [0.5, 0.6) is 0 Å². The van der Waals surface area contributed by atoms with E-state index in [1.54, 1.807) is 0 Å². The highest BCUT2D eigenvalue weighted by atomic mass is 16.1. The van der Waals surface area contributed by atoms with Gasteiger partial charge in [0, 0.05) is 39.1 Å². The maximum absolute atomic E-state index is 11.5. The van der Waals surface area contributed by atoms with E-state index in [9.17, 15) is 4.79 Å². The third-order valence-corrected chi connectivity index (χ3v) is 3.83. The molecule has 0 saturated carbocycles. The van der Waals surface area contributed by atoms with Gasteiger partial charge in [-0.25, -0.2) is 0 Å². The molecule has 1 aliphatic rings. The first-order valence-electron chi connectivity index (χ1n) is 7.45. The van der Waals surface area contributed by atoms with Gasteiger partial charge in [-0.3, -0.25) is 14.7 Å². The van der Waals surface area contributed by atoms with E-state index in [2.05, 4.69) is 26.0 Å². The summed E-state index contributed by atoms with van der Waals surface area (Å²) in [5.41, 5.74) is 4.87. The van der Waals surface area contributed by atoms with Gasteiger partial charge in [-0.2, -0.15) is 0 Å². The lowest BCUT2D eigenvalue weighted by Crippen LogP contribution is -2.61. The zero-order chi connectivity index (χ0) is 15.9. The quantitative estimate of drug-likeness (QED) is 0.320. The highest BCUT2D eigenvalue weighted by Crippen LogP contribution is 2.16. The molecular weight excluding hydrogens is 266 g/mol. The van der Waals surface area contributed by atoms with Gasteiger partial charge in [0.1, 0.15) is 0 Å².